The molecule has 2 aromatic carbocycles. The fourth-order valence-corrected chi connectivity index (χ4v) is 2.07. The van der Waals surface area contributed by atoms with Gasteiger partial charge >= 0.3 is 6.18 Å². The molecule has 108 valence electrons. The van der Waals surface area contributed by atoms with Crippen LogP contribution in [0.4, 0.5) is 18.9 Å². The SMILES string of the molecule is Nc1cc2oc(-c3cccc(C(F)(F)F)c3)nc2cc1Cl. The molecule has 0 aliphatic heterocycles. The number of oxazole rings is 1. The molecule has 0 aliphatic carbocycles. The first-order valence-electron chi connectivity index (χ1n) is 5.88. The third kappa shape index (κ3) is 2.54. The van der Waals surface area contributed by atoms with Crippen molar-refractivity contribution in [2.24, 2.45) is 0 Å². The molecule has 0 saturated carbocycles. The first-order valence-corrected chi connectivity index (χ1v) is 6.25. The van der Waals surface area contributed by atoms with Gasteiger partial charge in [0, 0.05) is 11.6 Å². The van der Waals surface area contributed by atoms with Crippen LogP contribution in [0, 0.1) is 0 Å². The van der Waals surface area contributed by atoms with E-state index in [2.05, 4.69) is 4.98 Å². The van der Waals surface area contributed by atoms with Crippen LogP contribution < -0.4 is 5.73 Å². The van der Waals surface area contributed by atoms with E-state index in [4.69, 9.17) is 21.8 Å². The second-order valence-electron chi connectivity index (χ2n) is 4.44. The van der Waals surface area contributed by atoms with Crippen molar-refractivity contribution in [2.45, 2.75) is 6.18 Å². The summed E-state index contributed by atoms with van der Waals surface area (Å²) < 4.78 is 43.6. The maximum atomic E-state index is 12.7. The highest BCUT2D eigenvalue weighted by molar-refractivity contribution is 6.33. The van der Waals surface area contributed by atoms with Crippen LogP contribution in [0.5, 0.6) is 0 Å². The van der Waals surface area contributed by atoms with Gasteiger partial charge in [0.05, 0.1) is 16.3 Å². The molecule has 0 atom stereocenters. The van der Waals surface area contributed by atoms with Gasteiger partial charge in [-0.2, -0.15) is 13.2 Å². The molecule has 0 unspecified atom stereocenters. The fraction of sp³-hybridized carbons (Fsp3) is 0.0714. The van der Waals surface area contributed by atoms with Gasteiger partial charge in [0.15, 0.2) is 5.58 Å². The average Bonchev–Trinajstić information content (AvgIpc) is 2.81. The predicted octanol–water partition coefficient (Wildman–Crippen LogP) is 4.75. The largest absolute Gasteiger partial charge is 0.436 e. The van der Waals surface area contributed by atoms with E-state index in [-0.39, 0.29) is 11.5 Å². The second kappa shape index (κ2) is 4.66. The zero-order valence-electron chi connectivity index (χ0n) is 10.4. The Bertz CT molecular complexity index is 788. The number of hydrogen-bond acceptors (Lipinski definition) is 3. The van der Waals surface area contributed by atoms with Crippen molar-refractivity contribution < 1.29 is 17.6 Å². The molecule has 3 rings (SSSR count). The van der Waals surface area contributed by atoms with E-state index in [1.54, 1.807) is 0 Å². The van der Waals surface area contributed by atoms with E-state index in [0.29, 0.717) is 21.8 Å². The minimum absolute atomic E-state index is 0.0813. The van der Waals surface area contributed by atoms with Crippen molar-refractivity contribution in [3.8, 4) is 11.5 Å². The Morgan fingerprint density at radius 3 is 2.62 bits per heavy atom. The van der Waals surface area contributed by atoms with Crippen LogP contribution in [0.15, 0.2) is 40.8 Å². The number of halogens is 4. The first-order chi connectivity index (χ1) is 9.84. The van der Waals surface area contributed by atoms with Crippen LogP contribution in [0.25, 0.3) is 22.6 Å². The lowest BCUT2D eigenvalue weighted by Crippen LogP contribution is -2.04. The maximum absolute atomic E-state index is 12.7. The highest BCUT2D eigenvalue weighted by Gasteiger charge is 2.30. The summed E-state index contributed by atoms with van der Waals surface area (Å²) in [4.78, 5) is 4.13. The monoisotopic (exact) mass is 312 g/mol. The Kier molecular flexibility index (Phi) is 3.06. The molecule has 0 saturated heterocycles. The van der Waals surface area contributed by atoms with Crippen LogP contribution in [-0.2, 0) is 6.18 Å². The lowest BCUT2D eigenvalue weighted by Gasteiger charge is -2.06. The number of benzene rings is 2. The van der Waals surface area contributed by atoms with Crippen LogP contribution >= 0.6 is 11.6 Å². The van der Waals surface area contributed by atoms with E-state index in [1.165, 1.54) is 24.3 Å². The third-order valence-electron chi connectivity index (χ3n) is 2.94. The Labute approximate surface area is 122 Å². The van der Waals surface area contributed by atoms with Crippen molar-refractivity contribution in [1.82, 2.24) is 4.98 Å². The Hall–Kier alpha value is -2.21. The number of nitrogens with two attached hydrogens (primary N) is 1. The van der Waals surface area contributed by atoms with Gasteiger partial charge in [0.2, 0.25) is 5.89 Å². The molecule has 0 aliphatic rings. The van der Waals surface area contributed by atoms with Crippen LogP contribution in [0.1, 0.15) is 5.56 Å². The number of rotatable bonds is 1. The molecule has 2 N–H and O–H groups in total. The summed E-state index contributed by atoms with van der Waals surface area (Å²) in [6.07, 6.45) is -4.42. The third-order valence-corrected chi connectivity index (χ3v) is 3.27. The Morgan fingerprint density at radius 1 is 1.14 bits per heavy atom. The van der Waals surface area contributed by atoms with Gasteiger partial charge in [-0.05, 0) is 24.3 Å². The lowest BCUT2D eigenvalue weighted by molar-refractivity contribution is -0.137. The number of hydrogen-bond donors (Lipinski definition) is 1. The number of nitrogens with zero attached hydrogens (tertiary/aromatic N) is 1. The molecule has 0 fully saturated rings. The summed E-state index contributed by atoms with van der Waals surface area (Å²) in [6, 6.07) is 7.75. The summed E-state index contributed by atoms with van der Waals surface area (Å²) in [5.41, 5.74) is 6.23. The summed E-state index contributed by atoms with van der Waals surface area (Å²) in [7, 11) is 0. The van der Waals surface area contributed by atoms with E-state index in [1.807, 2.05) is 0 Å². The molecular weight excluding hydrogens is 305 g/mol. The van der Waals surface area contributed by atoms with Crippen molar-refractivity contribution in [2.75, 3.05) is 5.73 Å². The summed E-state index contributed by atoms with van der Waals surface area (Å²) >= 11 is 5.87. The summed E-state index contributed by atoms with van der Waals surface area (Å²) in [5.74, 6) is 0.0813. The van der Waals surface area contributed by atoms with Gasteiger partial charge in [0.1, 0.15) is 5.52 Å². The minimum Gasteiger partial charge on any atom is -0.436 e. The maximum Gasteiger partial charge on any atom is 0.416 e. The number of anilines is 1. The standard InChI is InChI=1S/C14H8ClF3N2O/c15-9-5-11-12(6-10(9)19)21-13(20-11)7-2-1-3-8(4-7)14(16,17)18/h1-6H,19H2. The molecular formula is C14H8ClF3N2O. The van der Waals surface area contributed by atoms with Gasteiger partial charge in [-0.3, -0.25) is 0 Å². The molecule has 21 heavy (non-hydrogen) atoms. The first kappa shape index (κ1) is 13.8. The number of alkyl halides is 3. The molecule has 0 spiro atoms. The van der Waals surface area contributed by atoms with Gasteiger partial charge in [-0.15, -0.1) is 0 Å². The number of aromatic nitrogens is 1. The second-order valence-corrected chi connectivity index (χ2v) is 4.85. The molecule has 1 heterocycles. The van der Waals surface area contributed by atoms with E-state index >= 15 is 0 Å². The lowest BCUT2D eigenvalue weighted by atomic mass is 10.1. The molecule has 3 aromatic rings. The van der Waals surface area contributed by atoms with Gasteiger partial charge in [-0.1, -0.05) is 17.7 Å². The van der Waals surface area contributed by atoms with Crippen LogP contribution in [-0.4, -0.2) is 4.98 Å². The van der Waals surface area contributed by atoms with E-state index < -0.39 is 11.7 Å². The van der Waals surface area contributed by atoms with Crippen molar-refractivity contribution in [1.29, 1.82) is 0 Å². The Morgan fingerprint density at radius 2 is 1.90 bits per heavy atom. The average molecular weight is 313 g/mol. The highest BCUT2D eigenvalue weighted by Crippen LogP contribution is 2.34. The topological polar surface area (TPSA) is 52.0 Å². The van der Waals surface area contributed by atoms with Gasteiger partial charge < -0.3 is 10.2 Å². The fourth-order valence-electron chi connectivity index (χ4n) is 1.92. The van der Waals surface area contributed by atoms with Crippen LogP contribution in [0.2, 0.25) is 5.02 Å². The minimum atomic E-state index is -4.42. The highest BCUT2D eigenvalue weighted by atomic mass is 35.5. The molecule has 1 aromatic heterocycles. The number of nitrogen functional groups attached to an aromatic ring is 1. The van der Waals surface area contributed by atoms with Crippen LogP contribution in [0.3, 0.4) is 0 Å². The zero-order chi connectivity index (χ0) is 15.2. The van der Waals surface area contributed by atoms with Crippen molar-refractivity contribution in [3.63, 3.8) is 0 Å². The smallest absolute Gasteiger partial charge is 0.416 e. The molecule has 3 nitrogen and oxygen atoms in total. The zero-order valence-corrected chi connectivity index (χ0v) is 11.2. The van der Waals surface area contributed by atoms with Gasteiger partial charge in [-0.25, -0.2) is 4.98 Å². The van der Waals surface area contributed by atoms with Crippen molar-refractivity contribution in [3.05, 3.63) is 47.0 Å². The molecule has 7 heteroatoms. The number of fused-ring (bicyclic) bond motifs is 1. The van der Waals surface area contributed by atoms with Gasteiger partial charge in [0.25, 0.3) is 0 Å². The molecule has 0 amide bonds. The Balaban J connectivity index is 2.12. The normalized spacial score (nSPS) is 12.0. The molecule has 0 radical (unpaired) electrons. The molecule has 0 bridgehead atoms. The summed E-state index contributed by atoms with van der Waals surface area (Å²) in [5, 5.41) is 0.311. The van der Waals surface area contributed by atoms with Crippen molar-refractivity contribution >= 4 is 28.4 Å². The quantitative estimate of drug-likeness (QED) is 0.660. The van der Waals surface area contributed by atoms with E-state index in [9.17, 15) is 13.2 Å². The summed E-state index contributed by atoms with van der Waals surface area (Å²) in [6.45, 7) is 0. The predicted molar refractivity (Wildman–Crippen MR) is 73.9 cm³/mol. The van der Waals surface area contributed by atoms with E-state index in [0.717, 1.165) is 12.1 Å².